The lowest BCUT2D eigenvalue weighted by Gasteiger charge is -2.43. The van der Waals surface area contributed by atoms with E-state index in [0.29, 0.717) is 30.0 Å². The van der Waals surface area contributed by atoms with Crippen LogP contribution >= 0.6 is 11.8 Å². The van der Waals surface area contributed by atoms with Gasteiger partial charge in [-0.3, -0.25) is 9.59 Å². The molecule has 170 valence electrons. The number of hydrogen-bond donors (Lipinski definition) is 1. The van der Waals surface area contributed by atoms with Gasteiger partial charge in [-0.15, -0.1) is 11.8 Å². The van der Waals surface area contributed by atoms with Gasteiger partial charge in [0.1, 0.15) is 6.54 Å². The maximum absolute atomic E-state index is 13.2. The second kappa shape index (κ2) is 10.5. The molecule has 2 atom stereocenters. The van der Waals surface area contributed by atoms with Gasteiger partial charge in [0.15, 0.2) is 0 Å². The number of benzene rings is 1. The first kappa shape index (κ1) is 23.7. The largest absolute Gasteiger partial charge is 0.416 e. The number of carbonyl (C=O) groups is 2. The number of alkyl halides is 3. The highest BCUT2D eigenvalue weighted by atomic mass is 32.2. The van der Waals surface area contributed by atoms with Crippen LogP contribution in [0.15, 0.2) is 29.2 Å². The highest BCUT2D eigenvalue weighted by Crippen LogP contribution is 2.42. The molecule has 2 fully saturated rings. The Labute approximate surface area is 184 Å². The van der Waals surface area contributed by atoms with Gasteiger partial charge in [-0.2, -0.15) is 13.2 Å². The average Bonchev–Trinajstić information content (AvgIpc) is 2.74. The van der Waals surface area contributed by atoms with Crippen LogP contribution in [-0.4, -0.2) is 54.8 Å². The summed E-state index contributed by atoms with van der Waals surface area (Å²) in [7, 11) is 1.60. The van der Waals surface area contributed by atoms with Crippen LogP contribution in [0.2, 0.25) is 0 Å². The third-order valence-corrected chi connectivity index (χ3v) is 6.91. The third-order valence-electron chi connectivity index (χ3n) is 5.52. The Morgan fingerprint density at radius 3 is 2.65 bits per heavy atom. The standard InChI is InChI=1S/C22H27F3N2O3S/c1-30-12-4-11-26-20(28)14-27-17-5-2-3-6-18(17)31-19(21(27)29)13-15-7-9-16(10-8-15)22(23,24)25/h7-10,13,17-18H,2-6,11-12,14H2,1H3,(H,26,28)/b19-13+. The molecular formula is C22H27F3N2O3S. The number of carbonyl (C=O) groups excluding carboxylic acids is 2. The van der Waals surface area contributed by atoms with Crippen molar-refractivity contribution in [1.82, 2.24) is 10.2 Å². The van der Waals surface area contributed by atoms with E-state index in [1.807, 2.05) is 0 Å². The van der Waals surface area contributed by atoms with Crippen molar-refractivity contribution < 1.29 is 27.5 Å². The summed E-state index contributed by atoms with van der Waals surface area (Å²) in [6.45, 7) is 1.01. The second-order valence-corrected chi connectivity index (χ2v) is 9.05. The molecule has 0 aromatic heterocycles. The fourth-order valence-corrected chi connectivity index (χ4v) is 5.41. The van der Waals surface area contributed by atoms with Gasteiger partial charge in [-0.25, -0.2) is 0 Å². The summed E-state index contributed by atoms with van der Waals surface area (Å²) >= 11 is 1.48. The van der Waals surface area contributed by atoms with Crippen molar-refractivity contribution >= 4 is 29.7 Å². The Morgan fingerprint density at radius 1 is 1.26 bits per heavy atom. The van der Waals surface area contributed by atoms with Crippen LogP contribution in [0.1, 0.15) is 43.2 Å². The number of nitrogens with zero attached hydrogens (tertiary/aromatic N) is 1. The van der Waals surface area contributed by atoms with Gasteiger partial charge in [-0.1, -0.05) is 25.0 Å². The topological polar surface area (TPSA) is 58.6 Å². The molecule has 1 aliphatic heterocycles. The fourth-order valence-electron chi connectivity index (χ4n) is 3.94. The average molecular weight is 457 g/mol. The lowest BCUT2D eigenvalue weighted by atomic mass is 9.93. The first-order valence-corrected chi connectivity index (χ1v) is 11.3. The van der Waals surface area contributed by atoms with E-state index in [2.05, 4.69) is 5.32 Å². The van der Waals surface area contributed by atoms with Crippen LogP contribution in [0, 0.1) is 0 Å². The number of hydrogen-bond acceptors (Lipinski definition) is 4. The number of ether oxygens (including phenoxy) is 1. The van der Waals surface area contributed by atoms with Gasteiger partial charge in [0.2, 0.25) is 5.91 Å². The van der Waals surface area contributed by atoms with Crippen LogP contribution < -0.4 is 5.32 Å². The summed E-state index contributed by atoms with van der Waals surface area (Å²) in [5.74, 6) is -0.449. The number of methoxy groups -OCH3 is 1. The van der Waals surface area contributed by atoms with Crippen LogP contribution in [0.5, 0.6) is 0 Å². The van der Waals surface area contributed by atoms with Crippen molar-refractivity contribution in [3.8, 4) is 0 Å². The van der Waals surface area contributed by atoms with Crippen molar-refractivity contribution in [2.24, 2.45) is 0 Å². The lowest BCUT2D eigenvalue weighted by Crippen LogP contribution is -2.54. The van der Waals surface area contributed by atoms with E-state index in [-0.39, 0.29) is 29.7 Å². The molecule has 0 spiro atoms. The molecule has 1 aromatic rings. The zero-order valence-corrected chi connectivity index (χ0v) is 18.2. The number of halogens is 3. The molecule has 1 saturated carbocycles. The Morgan fingerprint density at radius 2 is 1.97 bits per heavy atom. The van der Waals surface area contributed by atoms with E-state index < -0.39 is 11.7 Å². The van der Waals surface area contributed by atoms with Gasteiger partial charge in [0.05, 0.1) is 10.5 Å². The van der Waals surface area contributed by atoms with E-state index in [1.165, 1.54) is 23.9 Å². The van der Waals surface area contributed by atoms with Gasteiger partial charge in [0, 0.05) is 31.6 Å². The minimum atomic E-state index is -4.40. The lowest BCUT2D eigenvalue weighted by molar-refractivity contribution is -0.137. The van der Waals surface area contributed by atoms with E-state index in [0.717, 1.165) is 37.8 Å². The molecule has 0 radical (unpaired) electrons. The SMILES string of the molecule is COCCCNC(=O)CN1C(=O)/C(=C\c2ccc(C(F)(F)F)cc2)SC2CCCCC21. The molecule has 1 heterocycles. The normalized spacial score (nSPS) is 23.0. The summed E-state index contributed by atoms with van der Waals surface area (Å²) < 4.78 is 43.4. The number of nitrogens with one attached hydrogen (secondary N) is 1. The molecule has 5 nitrogen and oxygen atoms in total. The van der Waals surface area contributed by atoms with Crippen molar-refractivity contribution in [2.45, 2.75) is 49.6 Å². The molecule has 1 aliphatic carbocycles. The summed E-state index contributed by atoms with van der Waals surface area (Å²) in [5, 5.41) is 3.01. The van der Waals surface area contributed by atoms with Crippen LogP contribution in [-0.2, 0) is 20.5 Å². The van der Waals surface area contributed by atoms with Gasteiger partial charge in [-0.05, 0) is 43.0 Å². The minimum absolute atomic E-state index is 0.000676. The van der Waals surface area contributed by atoms with Crippen LogP contribution in [0.25, 0.3) is 6.08 Å². The van der Waals surface area contributed by atoms with Gasteiger partial charge in [0.25, 0.3) is 5.91 Å². The quantitative estimate of drug-likeness (QED) is 0.496. The van der Waals surface area contributed by atoms with E-state index in [9.17, 15) is 22.8 Å². The van der Waals surface area contributed by atoms with E-state index >= 15 is 0 Å². The summed E-state index contributed by atoms with van der Waals surface area (Å²) in [5.41, 5.74) is -0.196. The smallest absolute Gasteiger partial charge is 0.385 e. The molecule has 2 aliphatic rings. The Balaban J connectivity index is 1.75. The molecule has 1 saturated heterocycles. The first-order chi connectivity index (χ1) is 14.8. The molecule has 31 heavy (non-hydrogen) atoms. The molecule has 2 amide bonds. The molecule has 3 rings (SSSR count). The monoisotopic (exact) mass is 456 g/mol. The van der Waals surface area contributed by atoms with Crippen molar-refractivity contribution in [3.05, 3.63) is 40.3 Å². The van der Waals surface area contributed by atoms with Gasteiger partial charge >= 0.3 is 6.18 Å². The van der Waals surface area contributed by atoms with Crippen molar-refractivity contribution in [3.63, 3.8) is 0 Å². The Hall–Kier alpha value is -2.00. The highest BCUT2D eigenvalue weighted by molar-refractivity contribution is 8.04. The van der Waals surface area contributed by atoms with Crippen LogP contribution in [0.3, 0.4) is 0 Å². The summed E-state index contributed by atoms with van der Waals surface area (Å²) in [6, 6.07) is 4.76. The molecule has 2 unspecified atom stereocenters. The number of rotatable bonds is 7. The Kier molecular flexibility index (Phi) is 8.05. The first-order valence-electron chi connectivity index (χ1n) is 10.4. The Bertz CT molecular complexity index is 811. The molecule has 1 aromatic carbocycles. The summed E-state index contributed by atoms with van der Waals surface area (Å²) in [4.78, 5) is 27.7. The number of thioether (sulfide) groups is 1. The second-order valence-electron chi connectivity index (χ2n) is 7.77. The van der Waals surface area contributed by atoms with Gasteiger partial charge < -0.3 is 15.0 Å². The zero-order valence-electron chi connectivity index (χ0n) is 17.4. The number of amides is 2. The highest BCUT2D eigenvalue weighted by Gasteiger charge is 2.41. The zero-order chi connectivity index (χ0) is 22.4. The number of fused-ring (bicyclic) bond motifs is 1. The van der Waals surface area contributed by atoms with Crippen molar-refractivity contribution in [2.75, 3.05) is 26.8 Å². The van der Waals surface area contributed by atoms with E-state index in [4.69, 9.17) is 4.74 Å². The molecule has 1 N–H and O–H groups in total. The van der Waals surface area contributed by atoms with Crippen molar-refractivity contribution in [1.29, 1.82) is 0 Å². The fraction of sp³-hybridized carbons (Fsp3) is 0.545. The molecule has 9 heteroatoms. The predicted molar refractivity (Wildman–Crippen MR) is 114 cm³/mol. The molecular weight excluding hydrogens is 429 g/mol. The summed E-state index contributed by atoms with van der Waals surface area (Å²) in [6.07, 6.45) is 1.79. The third kappa shape index (κ3) is 6.26. The van der Waals surface area contributed by atoms with Crippen LogP contribution in [0.4, 0.5) is 13.2 Å². The van der Waals surface area contributed by atoms with E-state index in [1.54, 1.807) is 18.1 Å². The maximum Gasteiger partial charge on any atom is 0.416 e. The maximum atomic E-state index is 13.2. The predicted octanol–water partition coefficient (Wildman–Crippen LogP) is 4.09. The molecule has 0 bridgehead atoms. The minimum Gasteiger partial charge on any atom is -0.385 e.